The van der Waals surface area contributed by atoms with Gasteiger partial charge in [0.15, 0.2) is 6.73 Å². The minimum absolute atomic E-state index is 0.137. The molecule has 0 fully saturated rings. The number of hydrogen-bond donors (Lipinski definition) is 0. The number of carbonyl (C=O) groups is 8. The Bertz CT molecular complexity index is 2170. The predicted molar refractivity (Wildman–Crippen MR) is 189 cm³/mol. The van der Waals surface area contributed by atoms with Crippen LogP contribution in [0.1, 0.15) is 108 Å². The molecule has 0 saturated carbocycles. The van der Waals surface area contributed by atoms with Crippen molar-refractivity contribution in [3.05, 3.63) is 141 Å². The zero-order chi connectivity index (χ0) is 39.1. The van der Waals surface area contributed by atoms with Gasteiger partial charge >= 0.3 is 23.9 Å². The Morgan fingerprint density at radius 3 is 1.26 bits per heavy atom. The van der Waals surface area contributed by atoms with Crippen molar-refractivity contribution >= 4 is 47.5 Å². The molecule has 0 bridgehead atoms. The number of nitrogens with zero attached hydrogens (tertiary/aromatic N) is 2. The highest BCUT2D eigenvalue weighted by Gasteiger charge is 2.37. The molecule has 54 heavy (non-hydrogen) atoms. The third-order valence-corrected chi connectivity index (χ3v) is 8.48. The first-order valence-electron chi connectivity index (χ1n) is 16.6. The van der Waals surface area contributed by atoms with Crippen molar-refractivity contribution in [2.24, 2.45) is 0 Å². The molecule has 0 radical (unpaired) electrons. The number of methoxy groups -OCH3 is 2. The third kappa shape index (κ3) is 7.92. The van der Waals surface area contributed by atoms with E-state index in [4.69, 9.17) is 9.47 Å². The van der Waals surface area contributed by atoms with E-state index in [1.54, 1.807) is 50.2 Å². The largest absolute Gasteiger partial charge is 0.465 e. The summed E-state index contributed by atoms with van der Waals surface area (Å²) in [5, 5.41) is 0. The van der Waals surface area contributed by atoms with E-state index >= 15 is 0 Å². The molecule has 0 spiro atoms. The van der Waals surface area contributed by atoms with Gasteiger partial charge in [-0.1, -0.05) is 12.1 Å². The van der Waals surface area contributed by atoms with Gasteiger partial charge in [-0.2, -0.15) is 0 Å². The number of fused-ring (bicyclic) bond motifs is 2. The van der Waals surface area contributed by atoms with Gasteiger partial charge in [0.1, 0.15) is 0 Å². The first-order valence-corrected chi connectivity index (χ1v) is 16.6. The second-order valence-electron chi connectivity index (χ2n) is 11.7. The summed E-state index contributed by atoms with van der Waals surface area (Å²) in [6, 6.07) is 21.6. The lowest BCUT2D eigenvalue weighted by molar-refractivity contribution is 0.0225. The van der Waals surface area contributed by atoms with Crippen LogP contribution in [0.5, 0.6) is 0 Å². The number of rotatable bonds is 10. The van der Waals surface area contributed by atoms with E-state index in [1.807, 2.05) is 0 Å². The second kappa shape index (κ2) is 16.6. The minimum Gasteiger partial charge on any atom is -0.465 e. The zero-order valence-electron chi connectivity index (χ0n) is 29.7. The van der Waals surface area contributed by atoms with Gasteiger partial charge in [0.05, 0.1) is 65.3 Å². The van der Waals surface area contributed by atoms with Gasteiger partial charge in [-0.15, -0.1) is 0 Å². The van der Waals surface area contributed by atoms with E-state index < -0.39 is 42.4 Å². The normalized spacial score (nSPS) is 12.7. The molecule has 0 atom stereocenters. The van der Waals surface area contributed by atoms with Crippen molar-refractivity contribution in [2.45, 2.75) is 20.3 Å². The fourth-order valence-electron chi connectivity index (χ4n) is 5.68. The molecule has 276 valence electrons. The average Bonchev–Trinajstić information content (AvgIpc) is 3.58. The summed E-state index contributed by atoms with van der Waals surface area (Å²) in [5.74, 6) is -3.98. The highest BCUT2D eigenvalue weighted by Crippen LogP contribution is 2.28. The summed E-state index contributed by atoms with van der Waals surface area (Å²) in [6.07, 6.45) is 0.367. The Morgan fingerprint density at radius 1 is 0.481 bits per heavy atom. The average molecular weight is 735 g/mol. The van der Waals surface area contributed by atoms with Crippen molar-refractivity contribution in [3.63, 3.8) is 0 Å². The lowest BCUT2D eigenvalue weighted by Crippen LogP contribution is -2.33. The minimum atomic E-state index is -0.769. The van der Waals surface area contributed by atoms with Crippen molar-refractivity contribution in [3.8, 4) is 0 Å². The van der Waals surface area contributed by atoms with Gasteiger partial charge in [0, 0.05) is 6.54 Å². The van der Waals surface area contributed by atoms with Crippen molar-refractivity contribution in [1.29, 1.82) is 0 Å². The molecule has 0 aliphatic carbocycles. The number of amides is 4. The van der Waals surface area contributed by atoms with Crippen LogP contribution in [-0.2, 0) is 25.4 Å². The maximum Gasteiger partial charge on any atom is 0.339 e. The molecule has 0 N–H and O–H groups in total. The highest BCUT2D eigenvalue weighted by molar-refractivity contribution is 6.22. The van der Waals surface area contributed by atoms with Crippen LogP contribution in [0.3, 0.4) is 0 Å². The van der Waals surface area contributed by atoms with Crippen molar-refractivity contribution in [2.75, 3.05) is 34.1 Å². The summed E-state index contributed by atoms with van der Waals surface area (Å²) in [6.45, 7) is 3.52. The van der Waals surface area contributed by atoms with Gasteiger partial charge in [-0.3, -0.25) is 24.1 Å². The quantitative estimate of drug-likeness (QED) is 0.124. The third-order valence-electron chi connectivity index (χ3n) is 8.48. The molecule has 2 aliphatic heterocycles. The summed E-state index contributed by atoms with van der Waals surface area (Å²) in [7, 11) is 2.55. The Morgan fingerprint density at radius 2 is 0.852 bits per heavy atom. The van der Waals surface area contributed by atoms with Crippen LogP contribution in [0.4, 0.5) is 0 Å². The van der Waals surface area contributed by atoms with Gasteiger partial charge < -0.3 is 18.9 Å². The monoisotopic (exact) mass is 734 g/mol. The molecule has 6 rings (SSSR count). The maximum atomic E-state index is 13.0. The molecule has 4 aromatic rings. The first kappa shape index (κ1) is 38.3. The highest BCUT2D eigenvalue weighted by atomic mass is 16.5. The molecule has 0 aromatic heterocycles. The number of ether oxygens (including phenoxy) is 4. The van der Waals surface area contributed by atoms with Crippen molar-refractivity contribution in [1.82, 2.24) is 9.80 Å². The van der Waals surface area contributed by atoms with Crippen LogP contribution >= 0.6 is 0 Å². The SMILES string of the molecule is CCN1C(=O)c2ccc(Cc3ccc4c(c3)C(=O)N(COC(=O)c3ccc(C(=O)OC)cc3)C4=O)cc2C1=O.CCOC(=O)c1ccc(C(=O)OC)cc1. The van der Waals surface area contributed by atoms with Crippen molar-refractivity contribution < 1.29 is 57.3 Å². The Labute approximate surface area is 309 Å². The molecule has 2 heterocycles. The number of carbonyl (C=O) groups excluding carboxylic acids is 8. The van der Waals surface area contributed by atoms with Crippen LogP contribution in [0, 0.1) is 0 Å². The topological polar surface area (TPSA) is 180 Å². The van der Waals surface area contributed by atoms with Gasteiger partial charge in [0.25, 0.3) is 23.6 Å². The van der Waals surface area contributed by atoms with E-state index in [9.17, 15) is 38.4 Å². The van der Waals surface area contributed by atoms with E-state index in [2.05, 4.69) is 9.47 Å². The summed E-state index contributed by atoms with van der Waals surface area (Å²) < 4.78 is 19.1. The predicted octanol–water partition coefficient (Wildman–Crippen LogP) is 4.74. The van der Waals surface area contributed by atoms with Gasteiger partial charge in [-0.25, -0.2) is 24.1 Å². The second-order valence-corrected chi connectivity index (χ2v) is 11.7. The lowest BCUT2D eigenvalue weighted by Gasteiger charge is -2.14. The molecule has 14 nitrogen and oxygen atoms in total. The van der Waals surface area contributed by atoms with E-state index in [0.29, 0.717) is 35.3 Å². The van der Waals surface area contributed by atoms with Gasteiger partial charge in [0.2, 0.25) is 0 Å². The summed E-state index contributed by atoms with van der Waals surface area (Å²) >= 11 is 0. The van der Waals surface area contributed by atoms with Crippen LogP contribution in [0.15, 0.2) is 84.9 Å². The molecule has 4 amide bonds. The smallest absolute Gasteiger partial charge is 0.339 e. The van der Waals surface area contributed by atoms with E-state index in [1.165, 1.54) is 67.7 Å². The summed E-state index contributed by atoms with van der Waals surface area (Å²) in [5.41, 5.74) is 3.80. The van der Waals surface area contributed by atoms with Crippen LogP contribution in [-0.4, -0.2) is 91.4 Å². The number of hydrogen-bond acceptors (Lipinski definition) is 12. The van der Waals surface area contributed by atoms with E-state index in [0.717, 1.165) is 16.0 Å². The molecule has 0 unspecified atom stereocenters. The summed E-state index contributed by atoms with van der Waals surface area (Å²) in [4.78, 5) is 99.0. The molecular weight excluding hydrogens is 700 g/mol. The Kier molecular flexibility index (Phi) is 11.8. The molecule has 4 aromatic carbocycles. The van der Waals surface area contributed by atoms with Crippen LogP contribution in [0.2, 0.25) is 0 Å². The lowest BCUT2D eigenvalue weighted by atomic mass is 9.98. The number of imide groups is 2. The first-order chi connectivity index (χ1) is 25.9. The molecule has 14 heteroatoms. The van der Waals surface area contributed by atoms with Crippen LogP contribution in [0.25, 0.3) is 0 Å². The Hall–Kier alpha value is -6.96. The van der Waals surface area contributed by atoms with Crippen LogP contribution < -0.4 is 0 Å². The fraction of sp³-hybridized carbons (Fsp3) is 0.200. The standard InChI is InChI=1S/C29H22N2O8.C11H12O4/c1-3-30-24(32)20-10-4-16(13-22(20)26(30)34)12-17-5-11-21-23(14-17)27(35)31(25(21)33)15-39-29(37)19-8-6-18(7-9-19)28(36)38-2;1-3-15-11(13)9-6-4-8(5-7-9)10(12)14-2/h4-11,13-14H,3,12,15H2,1-2H3;4-7H,3H2,1-2H3. The molecule has 2 aliphatic rings. The number of benzene rings is 4. The molecular formula is C40H34N2O12. The van der Waals surface area contributed by atoms with Gasteiger partial charge in [-0.05, 0) is 104 Å². The Balaban J connectivity index is 0.000000314. The maximum absolute atomic E-state index is 13.0. The zero-order valence-corrected chi connectivity index (χ0v) is 29.7. The van der Waals surface area contributed by atoms with E-state index in [-0.39, 0.29) is 40.6 Å². The fourth-order valence-corrected chi connectivity index (χ4v) is 5.68. The molecule has 0 saturated heterocycles. The number of esters is 4.